The summed E-state index contributed by atoms with van der Waals surface area (Å²) in [6, 6.07) is 13.5. The predicted octanol–water partition coefficient (Wildman–Crippen LogP) is 3.37. The van der Waals surface area contributed by atoms with Crippen molar-refractivity contribution in [3.8, 4) is 11.5 Å². The Morgan fingerprint density at radius 1 is 1.10 bits per heavy atom. The molecule has 2 aromatic carbocycles. The van der Waals surface area contributed by atoms with Crippen molar-refractivity contribution in [3.05, 3.63) is 53.6 Å². The molecule has 2 aromatic rings. The maximum atomic E-state index is 11.1. The fourth-order valence-corrected chi connectivity index (χ4v) is 2.84. The Bertz CT molecular complexity index is 843. The molecule has 0 fully saturated rings. The van der Waals surface area contributed by atoms with Crippen LogP contribution in [-0.2, 0) is 11.2 Å². The molecule has 0 aliphatic rings. The molecule has 0 saturated carbocycles. The number of carbonyl (C=O) groups excluding carboxylic acids is 1. The lowest BCUT2D eigenvalue weighted by molar-refractivity contribution is -0.114. The number of anilines is 1. The zero-order valence-electron chi connectivity index (χ0n) is 18.0. The predicted molar refractivity (Wildman–Crippen MR) is 132 cm³/mol. The third kappa shape index (κ3) is 8.89. The van der Waals surface area contributed by atoms with Crippen molar-refractivity contribution in [1.82, 2.24) is 10.6 Å². The summed E-state index contributed by atoms with van der Waals surface area (Å²) in [6.07, 6.45) is 0.831. The van der Waals surface area contributed by atoms with Gasteiger partial charge in [-0.25, -0.2) is 0 Å². The largest absolute Gasteiger partial charge is 0.496 e. The molecule has 7 nitrogen and oxygen atoms in total. The van der Waals surface area contributed by atoms with E-state index in [0.29, 0.717) is 30.5 Å². The minimum atomic E-state index is -0.109. The zero-order valence-corrected chi connectivity index (χ0v) is 20.3. The molecule has 8 heteroatoms. The molecule has 3 N–H and O–H groups in total. The van der Waals surface area contributed by atoms with Gasteiger partial charge in [0, 0.05) is 32.3 Å². The monoisotopic (exact) mass is 526 g/mol. The van der Waals surface area contributed by atoms with E-state index in [4.69, 9.17) is 9.47 Å². The van der Waals surface area contributed by atoms with E-state index >= 15 is 0 Å². The molecule has 0 aliphatic carbocycles. The van der Waals surface area contributed by atoms with E-state index in [0.717, 1.165) is 24.3 Å². The number of amides is 1. The van der Waals surface area contributed by atoms with Crippen molar-refractivity contribution in [2.24, 2.45) is 4.99 Å². The lowest BCUT2D eigenvalue weighted by Gasteiger charge is -2.14. The first-order valence-electron chi connectivity index (χ1n) is 9.60. The topological polar surface area (TPSA) is 84.0 Å². The van der Waals surface area contributed by atoms with Gasteiger partial charge < -0.3 is 25.4 Å². The van der Waals surface area contributed by atoms with Crippen molar-refractivity contribution in [3.63, 3.8) is 0 Å². The van der Waals surface area contributed by atoms with Crippen LogP contribution in [0.25, 0.3) is 0 Å². The van der Waals surface area contributed by atoms with Gasteiger partial charge in [0.2, 0.25) is 5.91 Å². The van der Waals surface area contributed by atoms with Crippen molar-refractivity contribution in [2.45, 2.75) is 20.3 Å². The van der Waals surface area contributed by atoms with Gasteiger partial charge in [-0.15, -0.1) is 24.0 Å². The van der Waals surface area contributed by atoms with Crippen LogP contribution in [0.1, 0.15) is 18.1 Å². The number of guanidine groups is 1. The van der Waals surface area contributed by atoms with Gasteiger partial charge in [0.15, 0.2) is 5.96 Å². The fraction of sp³-hybridized carbons (Fsp3) is 0.364. The summed E-state index contributed by atoms with van der Waals surface area (Å²) < 4.78 is 11.1. The number of benzene rings is 2. The molecule has 164 valence electrons. The van der Waals surface area contributed by atoms with Gasteiger partial charge >= 0.3 is 0 Å². The van der Waals surface area contributed by atoms with E-state index in [1.165, 1.54) is 12.5 Å². The van der Waals surface area contributed by atoms with Gasteiger partial charge in [-0.05, 0) is 37.1 Å². The molecule has 0 atom stereocenters. The number of rotatable bonds is 9. The van der Waals surface area contributed by atoms with E-state index in [1.807, 2.05) is 30.3 Å². The molecular weight excluding hydrogens is 495 g/mol. The van der Waals surface area contributed by atoms with Crippen LogP contribution in [-0.4, -0.2) is 45.7 Å². The van der Waals surface area contributed by atoms with Crippen LogP contribution in [0.2, 0.25) is 0 Å². The van der Waals surface area contributed by atoms with Gasteiger partial charge in [-0.2, -0.15) is 0 Å². The van der Waals surface area contributed by atoms with E-state index in [9.17, 15) is 4.79 Å². The smallest absolute Gasteiger partial charge is 0.221 e. The molecule has 1 amide bonds. The Balaban J connectivity index is 0.00000450. The third-order valence-corrected chi connectivity index (χ3v) is 4.16. The first kappa shape index (κ1) is 25.5. The highest BCUT2D eigenvalue weighted by Crippen LogP contribution is 2.19. The Morgan fingerprint density at radius 3 is 2.57 bits per heavy atom. The fourth-order valence-electron chi connectivity index (χ4n) is 2.84. The van der Waals surface area contributed by atoms with Crippen molar-refractivity contribution in [2.75, 3.05) is 39.2 Å². The first-order chi connectivity index (χ1) is 14.0. The Hall–Kier alpha value is -2.49. The van der Waals surface area contributed by atoms with Gasteiger partial charge in [0.05, 0.1) is 13.7 Å². The van der Waals surface area contributed by atoms with Crippen LogP contribution in [0.4, 0.5) is 5.69 Å². The second kappa shape index (κ2) is 13.7. The second-order valence-electron chi connectivity index (χ2n) is 6.55. The van der Waals surface area contributed by atoms with Crippen LogP contribution >= 0.6 is 24.0 Å². The highest BCUT2D eigenvalue weighted by atomic mass is 127. The molecule has 0 heterocycles. The Kier molecular flexibility index (Phi) is 11.7. The Labute approximate surface area is 195 Å². The third-order valence-electron chi connectivity index (χ3n) is 4.16. The molecule has 0 aliphatic heterocycles. The van der Waals surface area contributed by atoms with Crippen molar-refractivity contribution >= 4 is 41.5 Å². The molecule has 2 rings (SSSR count). The number of methoxy groups -OCH3 is 1. The number of hydrogen-bond acceptors (Lipinski definition) is 4. The van der Waals surface area contributed by atoms with E-state index in [2.05, 4.69) is 33.9 Å². The minimum absolute atomic E-state index is 0. The number of halogens is 1. The maximum Gasteiger partial charge on any atom is 0.221 e. The summed E-state index contributed by atoms with van der Waals surface area (Å²) in [5.41, 5.74) is 3.09. The van der Waals surface area contributed by atoms with E-state index < -0.39 is 0 Å². The molecule has 0 saturated heterocycles. The summed E-state index contributed by atoms with van der Waals surface area (Å²) in [7, 11) is 3.42. The molecule has 0 unspecified atom stereocenters. The van der Waals surface area contributed by atoms with Crippen LogP contribution in [0.5, 0.6) is 11.5 Å². The van der Waals surface area contributed by atoms with Crippen molar-refractivity contribution < 1.29 is 14.3 Å². The highest BCUT2D eigenvalue weighted by molar-refractivity contribution is 14.0. The van der Waals surface area contributed by atoms with Gasteiger partial charge in [-0.3, -0.25) is 9.79 Å². The lowest BCUT2D eigenvalue weighted by atomic mass is 10.1. The molecule has 0 spiro atoms. The summed E-state index contributed by atoms with van der Waals surface area (Å²) in [6.45, 7) is 5.35. The number of aryl methyl sites for hydroxylation is 1. The highest BCUT2D eigenvalue weighted by Gasteiger charge is 2.04. The SMILES string of the molecule is CN=C(NCCOc1cccc(NC(C)=O)c1)NCCc1cc(C)ccc1OC.I. The molecule has 0 bridgehead atoms. The average molecular weight is 526 g/mol. The standard InChI is InChI=1S/C22H30N4O3.HI/c1-16-8-9-21(28-4)18(14-16)10-11-24-22(23-3)25-12-13-29-20-7-5-6-19(15-20)26-17(2)27;/h5-9,14-15H,10-13H2,1-4H3,(H,26,27)(H2,23,24,25);1H. The first-order valence-corrected chi connectivity index (χ1v) is 9.60. The second-order valence-corrected chi connectivity index (χ2v) is 6.55. The zero-order chi connectivity index (χ0) is 21.1. The van der Waals surface area contributed by atoms with Crippen LogP contribution < -0.4 is 25.4 Å². The minimum Gasteiger partial charge on any atom is -0.496 e. The lowest BCUT2D eigenvalue weighted by Crippen LogP contribution is -2.40. The maximum absolute atomic E-state index is 11.1. The number of aliphatic imine (C=N–C) groups is 1. The number of carbonyl (C=O) groups is 1. The van der Waals surface area contributed by atoms with Crippen LogP contribution in [0.15, 0.2) is 47.5 Å². The average Bonchev–Trinajstić information content (AvgIpc) is 2.69. The van der Waals surface area contributed by atoms with Crippen LogP contribution in [0.3, 0.4) is 0 Å². The number of nitrogens with zero attached hydrogens (tertiary/aromatic N) is 1. The van der Waals surface area contributed by atoms with Gasteiger partial charge in [-0.1, -0.05) is 23.8 Å². The summed E-state index contributed by atoms with van der Waals surface area (Å²) >= 11 is 0. The van der Waals surface area contributed by atoms with E-state index in [-0.39, 0.29) is 29.9 Å². The number of hydrogen-bond donors (Lipinski definition) is 3. The van der Waals surface area contributed by atoms with Crippen molar-refractivity contribution in [1.29, 1.82) is 0 Å². The number of nitrogens with one attached hydrogen (secondary N) is 3. The summed E-state index contributed by atoms with van der Waals surface area (Å²) in [5.74, 6) is 2.21. The molecule has 0 radical (unpaired) electrons. The quantitative estimate of drug-likeness (QED) is 0.202. The van der Waals surface area contributed by atoms with Crippen LogP contribution in [0, 0.1) is 6.92 Å². The summed E-state index contributed by atoms with van der Waals surface area (Å²) in [5, 5.41) is 9.26. The van der Waals surface area contributed by atoms with Gasteiger partial charge in [0.25, 0.3) is 0 Å². The normalized spacial score (nSPS) is 10.6. The molecule has 30 heavy (non-hydrogen) atoms. The molecule has 0 aromatic heterocycles. The Morgan fingerprint density at radius 2 is 1.87 bits per heavy atom. The summed E-state index contributed by atoms with van der Waals surface area (Å²) in [4.78, 5) is 15.4. The van der Waals surface area contributed by atoms with E-state index in [1.54, 1.807) is 20.2 Å². The number of ether oxygens (including phenoxy) is 2. The molecular formula is C22H31IN4O3. The van der Waals surface area contributed by atoms with Gasteiger partial charge in [0.1, 0.15) is 18.1 Å².